The molecule has 1 aliphatic rings. The van der Waals surface area contributed by atoms with E-state index < -0.39 is 17.7 Å². The first-order valence-electron chi connectivity index (χ1n) is 7.11. The van der Waals surface area contributed by atoms with E-state index in [1.165, 1.54) is 0 Å². The van der Waals surface area contributed by atoms with Crippen molar-refractivity contribution in [2.75, 3.05) is 0 Å². The predicted octanol–water partition coefficient (Wildman–Crippen LogP) is 7.52. The van der Waals surface area contributed by atoms with E-state index in [4.69, 9.17) is 104 Å². The maximum absolute atomic E-state index is 6.07. The van der Waals surface area contributed by atoms with Gasteiger partial charge in [-0.05, 0) is 18.6 Å². The number of rotatable bonds is 2. The van der Waals surface area contributed by atoms with Crippen LogP contribution in [0, 0.1) is 6.92 Å². The summed E-state index contributed by atoms with van der Waals surface area (Å²) in [6.45, 7) is 1.96. The van der Waals surface area contributed by atoms with Gasteiger partial charge in [-0.3, -0.25) is 4.90 Å². The molecule has 0 radical (unpaired) electrons. The molecule has 3 nitrogen and oxygen atoms in total. The lowest BCUT2D eigenvalue weighted by Gasteiger charge is -2.40. The maximum atomic E-state index is 6.07. The minimum atomic E-state index is -2.07. The maximum Gasteiger partial charge on any atom is 0.271 e. The SMILES string of the molecule is Cc1cccc(C=CC2N=C(C(Cl)(Cl)Cl)N=C(C(Cl)(Cl)Cl)N2C(Cl)(Cl)Cl)c1. The molecule has 0 fully saturated rings. The van der Waals surface area contributed by atoms with Crippen molar-refractivity contribution in [3.8, 4) is 0 Å². The number of halogens is 9. The summed E-state index contributed by atoms with van der Waals surface area (Å²) >= 11 is 54.0. The number of nitrogens with zero attached hydrogens (tertiary/aromatic N) is 3. The number of amidine groups is 2. The zero-order chi connectivity index (χ0) is 20.6. The van der Waals surface area contributed by atoms with Gasteiger partial charge in [-0.2, -0.15) is 0 Å². The van der Waals surface area contributed by atoms with Crippen LogP contribution in [0.25, 0.3) is 6.08 Å². The van der Waals surface area contributed by atoms with Crippen molar-refractivity contribution >= 4 is 122 Å². The Balaban J connectivity index is 2.56. The molecule has 0 saturated carbocycles. The van der Waals surface area contributed by atoms with E-state index in [2.05, 4.69) is 9.98 Å². The number of aliphatic imine (C=N–C) groups is 2. The van der Waals surface area contributed by atoms with Gasteiger partial charge in [0.2, 0.25) is 7.59 Å². The summed E-state index contributed by atoms with van der Waals surface area (Å²) in [4.78, 5) is 9.34. The third-order valence-electron chi connectivity index (χ3n) is 3.24. The molecule has 1 atom stereocenters. The van der Waals surface area contributed by atoms with Crippen LogP contribution in [0.5, 0.6) is 0 Å². The number of benzene rings is 1. The van der Waals surface area contributed by atoms with Gasteiger partial charge in [0.15, 0.2) is 11.7 Å². The van der Waals surface area contributed by atoms with Crippen LogP contribution in [0.2, 0.25) is 0 Å². The molecule has 1 aliphatic heterocycles. The highest BCUT2D eigenvalue weighted by Crippen LogP contribution is 2.43. The fourth-order valence-electron chi connectivity index (χ4n) is 2.20. The molecule has 0 spiro atoms. The Morgan fingerprint density at radius 3 is 2.07 bits per heavy atom. The summed E-state index contributed by atoms with van der Waals surface area (Å²) in [5.74, 6) is -0.457. The predicted molar refractivity (Wildman–Crippen MR) is 122 cm³/mol. The van der Waals surface area contributed by atoms with Gasteiger partial charge in [0, 0.05) is 0 Å². The molecule has 0 amide bonds. The summed E-state index contributed by atoms with van der Waals surface area (Å²) in [6, 6.07) is 7.68. The van der Waals surface area contributed by atoms with Crippen LogP contribution in [0.4, 0.5) is 0 Å². The lowest BCUT2D eigenvalue weighted by molar-refractivity contribution is 0.361. The second-order valence-electron chi connectivity index (χ2n) is 5.41. The van der Waals surface area contributed by atoms with Gasteiger partial charge in [0.1, 0.15) is 6.17 Å². The topological polar surface area (TPSA) is 28.0 Å². The van der Waals surface area contributed by atoms with Crippen molar-refractivity contribution < 1.29 is 0 Å². The smallest absolute Gasteiger partial charge is 0.271 e. The van der Waals surface area contributed by atoms with Crippen LogP contribution >= 0.6 is 104 Å². The highest BCUT2D eigenvalue weighted by atomic mass is 35.6. The lowest BCUT2D eigenvalue weighted by Crippen LogP contribution is -2.54. The van der Waals surface area contributed by atoms with E-state index in [0.717, 1.165) is 16.0 Å². The summed E-state index contributed by atoms with van der Waals surface area (Å²) in [5, 5.41) is 0. The Bertz CT molecular complexity index is 785. The molecule has 27 heavy (non-hydrogen) atoms. The van der Waals surface area contributed by atoms with Crippen molar-refractivity contribution in [2.45, 2.75) is 24.6 Å². The minimum Gasteiger partial charge on any atom is -0.286 e. The van der Waals surface area contributed by atoms with Crippen LogP contribution in [0.3, 0.4) is 0 Å². The Morgan fingerprint density at radius 1 is 0.963 bits per heavy atom. The quantitative estimate of drug-likeness (QED) is 0.276. The van der Waals surface area contributed by atoms with Crippen LogP contribution in [0.1, 0.15) is 11.1 Å². The van der Waals surface area contributed by atoms with Crippen LogP contribution in [-0.2, 0) is 0 Å². The van der Waals surface area contributed by atoms with E-state index in [0.29, 0.717) is 0 Å². The number of alkyl halides is 9. The second-order valence-corrected chi connectivity index (χ2v) is 12.2. The summed E-state index contributed by atoms with van der Waals surface area (Å²) in [6.07, 6.45) is 2.40. The Labute approximate surface area is 201 Å². The molecule has 0 aromatic heterocycles. The number of aryl methyl sites for hydroxylation is 1. The van der Waals surface area contributed by atoms with Crippen molar-refractivity contribution in [3.63, 3.8) is 0 Å². The molecule has 1 aromatic carbocycles. The summed E-state index contributed by atoms with van der Waals surface area (Å²) in [7, 11) is 0. The normalized spacial score (nSPS) is 19.3. The molecule has 1 heterocycles. The fraction of sp³-hybridized carbons (Fsp3) is 0.333. The molecule has 0 N–H and O–H groups in total. The van der Waals surface area contributed by atoms with Gasteiger partial charge in [-0.25, -0.2) is 9.98 Å². The molecule has 12 heteroatoms. The van der Waals surface area contributed by atoms with Gasteiger partial charge in [-0.15, -0.1) is 0 Å². The van der Waals surface area contributed by atoms with E-state index in [1.807, 2.05) is 31.2 Å². The monoisotopic (exact) mass is 547 g/mol. The van der Waals surface area contributed by atoms with Crippen LogP contribution in [-0.4, -0.2) is 34.2 Å². The van der Waals surface area contributed by atoms with E-state index >= 15 is 0 Å². The fourth-order valence-corrected chi connectivity index (χ4v) is 3.41. The third kappa shape index (κ3) is 6.60. The highest BCUT2D eigenvalue weighted by Gasteiger charge is 2.48. The first kappa shape index (κ1) is 24.0. The third-order valence-corrected chi connectivity index (χ3v) is 4.80. The average molecular weight is 551 g/mol. The van der Waals surface area contributed by atoms with Crippen molar-refractivity contribution in [3.05, 3.63) is 41.5 Å². The van der Waals surface area contributed by atoms with E-state index in [-0.39, 0.29) is 11.7 Å². The van der Waals surface area contributed by atoms with Crippen molar-refractivity contribution in [1.29, 1.82) is 0 Å². The lowest BCUT2D eigenvalue weighted by atomic mass is 10.1. The summed E-state index contributed by atoms with van der Waals surface area (Å²) in [5.41, 5.74) is 1.94. The summed E-state index contributed by atoms with van der Waals surface area (Å²) < 4.78 is -6.10. The Hall–Kier alpha value is 0.710. The van der Waals surface area contributed by atoms with Crippen molar-refractivity contribution in [1.82, 2.24) is 4.90 Å². The second kappa shape index (κ2) is 8.83. The molecule has 0 aliphatic carbocycles. The van der Waals surface area contributed by atoms with Gasteiger partial charge < -0.3 is 0 Å². The molecule has 148 valence electrons. The van der Waals surface area contributed by atoms with Gasteiger partial charge in [0.05, 0.1) is 0 Å². The van der Waals surface area contributed by atoms with E-state index in [1.54, 1.807) is 12.2 Å². The van der Waals surface area contributed by atoms with E-state index in [9.17, 15) is 0 Å². The molecular formula is C15H10Cl9N3. The molecule has 1 aromatic rings. The highest BCUT2D eigenvalue weighted by molar-refractivity contribution is 6.79. The Morgan fingerprint density at radius 2 is 1.59 bits per heavy atom. The Kier molecular flexibility index (Phi) is 7.85. The number of hydrogen-bond acceptors (Lipinski definition) is 3. The molecule has 1 unspecified atom stereocenters. The van der Waals surface area contributed by atoms with Gasteiger partial charge in [0.25, 0.3) is 3.92 Å². The van der Waals surface area contributed by atoms with Crippen molar-refractivity contribution in [2.24, 2.45) is 9.98 Å². The molecular weight excluding hydrogens is 541 g/mol. The number of hydrogen-bond donors (Lipinski definition) is 0. The standard InChI is InChI=1S/C15H10Cl9N3/c1-8-3-2-4-9(7-8)5-6-10-25-11(13(16,17)18)26-12(14(19,20)21)27(10)15(22,23)24/h2-7,10H,1H3. The molecule has 0 bridgehead atoms. The molecule has 2 rings (SSSR count). The molecule has 0 saturated heterocycles. The van der Waals surface area contributed by atoms with Crippen LogP contribution < -0.4 is 0 Å². The minimum absolute atomic E-state index is 0.210. The van der Waals surface area contributed by atoms with Crippen LogP contribution in [0.15, 0.2) is 40.3 Å². The van der Waals surface area contributed by atoms with Gasteiger partial charge in [-0.1, -0.05) is 140 Å². The van der Waals surface area contributed by atoms with Gasteiger partial charge >= 0.3 is 0 Å². The zero-order valence-corrected chi connectivity index (χ0v) is 20.1. The first-order valence-corrected chi connectivity index (χ1v) is 10.5. The zero-order valence-electron chi connectivity index (χ0n) is 13.3. The first-order chi connectivity index (χ1) is 12.2. The average Bonchev–Trinajstić information content (AvgIpc) is 2.49. The largest absolute Gasteiger partial charge is 0.286 e.